The lowest BCUT2D eigenvalue weighted by Crippen LogP contribution is -2.04. The molecule has 0 radical (unpaired) electrons. The average Bonchev–Trinajstić information content (AvgIpc) is 2.64. The Morgan fingerprint density at radius 3 is 3.00 bits per heavy atom. The first kappa shape index (κ1) is 12.0. The largest absolute Gasteiger partial charge is 0.302 e. The molecule has 0 unspecified atom stereocenters. The first-order chi connectivity index (χ1) is 8.13. The third-order valence-corrected chi connectivity index (χ3v) is 3.63. The highest BCUT2D eigenvalue weighted by molar-refractivity contribution is 8.01. The number of amides is 1. The van der Waals surface area contributed by atoms with Crippen molar-refractivity contribution in [2.75, 3.05) is 5.32 Å². The zero-order valence-electron chi connectivity index (χ0n) is 9.30. The van der Waals surface area contributed by atoms with E-state index >= 15 is 0 Å². The molecule has 2 aromatic rings. The summed E-state index contributed by atoms with van der Waals surface area (Å²) < 4.78 is 0.944. The smallest absolute Gasteiger partial charge is 0.223 e. The van der Waals surface area contributed by atoms with Crippen molar-refractivity contribution in [2.45, 2.75) is 23.2 Å². The number of anilines is 1. The Balaban J connectivity index is 2.08. The van der Waals surface area contributed by atoms with Crippen molar-refractivity contribution in [1.82, 2.24) is 15.0 Å². The van der Waals surface area contributed by atoms with E-state index in [1.165, 1.54) is 30.0 Å². The second-order valence-corrected chi connectivity index (χ2v) is 5.55. The standard InChI is InChI=1S/C10H10N4OS2/c1-6-3-4-11-9(13-6)16-8-5-12-10(17-8)14-7(2)15/h3-5H,1-2H3,(H,12,14,15). The van der Waals surface area contributed by atoms with Crippen molar-refractivity contribution in [3.8, 4) is 0 Å². The van der Waals surface area contributed by atoms with Crippen molar-refractivity contribution < 1.29 is 4.79 Å². The van der Waals surface area contributed by atoms with Gasteiger partial charge in [-0.3, -0.25) is 4.79 Å². The van der Waals surface area contributed by atoms with E-state index in [9.17, 15) is 4.79 Å². The Morgan fingerprint density at radius 1 is 1.47 bits per heavy atom. The number of thiazole rings is 1. The number of carbonyl (C=O) groups excluding carboxylic acids is 1. The highest BCUT2D eigenvalue weighted by atomic mass is 32.2. The van der Waals surface area contributed by atoms with Crippen LogP contribution in [0.2, 0.25) is 0 Å². The second-order valence-electron chi connectivity index (χ2n) is 3.25. The van der Waals surface area contributed by atoms with Gasteiger partial charge in [0.25, 0.3) is 0 Å². The van der Waals surface area contributed by atoms with Crippen LogP contribution in [0.15, 0.2) is 27.8 Å². The summed E-state index contributed by atoms with van der Waals surface area (Å²) >= 11 is 2.83. The number of carbonyl (C=O) groups is 1. The van der Waals surface area contributed by atoms with Crippen LogP contribution in [0.25, 0.3) is 0 Å². The van der Waals surface area contributed by atoms with Crippen LogP contribution in [0.4, 0.5) is 5.13 Å². The fourth-order valence-corrected chi connectivity index (χ4v) is 2.89. The van der Waals surface area contributed by atoms with Crippen molar-refractivity contribution in [1.29, 1.82) is 0 Å². The number of hydrogen-bond donors (Lipinski definition) is 1. The van der Waals surface area contributed by atoms with Gasteiger partial charge in [-0.05, 0) is 24.8 Å². The minimum absolute atomic E-state index is 0.122. The quantitative estimate of drug-likeness (QED) is 0.864. The fraction of sp³-hybridized carbons (Fsp3) is 0.200. The minimum atomic E-state index is -0.122. The third kappa shape index (κ3) is 3.50. The summed E-state index contributed by atoms with van der Waals surface area (Å²) in [6.07, 6.45) is 3.42. The van der Waals surface area contributed by atoms with Gasteiger partial charge in [0.15, 0.2) is 10.3 Å². The highest BCUT2D eigenvalue weighted by Crippen LogP contribution is 2.31. The molecule has 88 valence electrons. The molecule has 0 saturated carbocycles. The molecule has 0 bridgehead atoms. The topological polar surface area (TPSA) is 67.8 Å². The van der Waals surface area contributed by atoms with Gasteiger partial charge in [0.2, 0.25) is 5.91 Å². The molecule has 2 aromatic heterocycles. The molecule has 1 amide bonds. The number of aromatic nitrogens is 3. The van der Waals surface area contributed by atoms with Crippen molar-refractivity contribution >= 4 is 34.1 Å². The van der Waals surface area contributed by atoms with Gasteiger partial charge in [0, 0.05) is 18.8 Å². The van der Waals surface area contributed by atoms with Crippen LogP contribution in [0.5, 0.6) is 0 Å². The Bertz CT molecular complexity index is 541. The number of rotatable bonds is 3. The normalized spacial score (nSPS) is 10.2. The molecule has 2 heterocycles. The van der Waals surface area contributed by atoms with Crippen LogP contribution < -0.4 is 5.32 Å². The number of hydrogen-bond acceptors (Lipinski definition) is 6. The van der Waals surface area contributed by atoms with Crippen molar-refractivity contribution in [3.63, 3.8) is 0 Å². The predicted octanol–water partition coefficient (Wildman–Crippen LogP) is 2.35. The maximum Gasteiger partial charge on any atom is 0.223 e. The summed E-state index contributed by atoms with van der Waals surface area (Å²) in [5.41, 5.74) is 0.925. The van der Waals surface area contributed by atoms with Gasteiger partial charge in [0.1, 0.15) is 0 Å². The fourth-order valence-electron chi connectivity index (χ4n) is 1.08. The molecule has 0 aliphatic carbocycles. The van der Waals surface area contributed by atoms with E-state index in [4.69, 9.17) is 0 Å². The summed E-state index contributed by atoms with van der Waals surface area (Å²) in [5.74, 6) is -0.122. The first-order valence-electron chi connectivity index (χ1n) is 4.84. The SMILES string of the molecule is CC(=O)Nc1ncc(Sc2nccc(C)n2)s1. The molecule has 0 fully saturated rings. The highest BCUT2D eigenvalue weighted by Gasteiger charge is 2.06. The average molecular weight is 266 g/mol. The van der Waals surface area contributed by atoms with Crippen LogP contribution in [0.3, 0.4) is 0 Å². The van der Waals surface area contributed by atoms with E-state index < -0.39 is 0 Å². The molecule has 5 nitrogen and oxygen atoms in total. The Morgan fingerprint density at radius 2 is 2.29 bits per heavy atom. The monoisotopic (exact) mass is 266 g/mol. The summed E-state index contributed by atoms with van der Waals surface area (Å²) in [6.45, 7) is 3.37. The summed E-state index contributed by atoms with van der Waals surface area (Å²) in [7, 11) is 0. The van der Waals surface area contributed by atoms with Crippen LogP contribution >= 0.6 is 23.1 Å². The van der Waals surface area contributed by atoms with Gasteiger partial charge in [-0.25, -0.2) is 15.0 Å². The minimum Gasteiger partial charge on any atom is -0.302 e. The molecular formula is C10H10N4OS2. The summed E-state index contributed by atoms with van der Waals surface area (Å²) in [5, 5.41) is 3.91. The molecule has 0 aliphatic rings. The molecule has 0 spiro atoms. The van der Waals surface area contributed by atoms with E-state index in [1.54, 1.807) is 12.4 Å². The summed E-state index contributed by atoms with van der Waals surface area (Å²) in [6, 6.07) is 1.85. The first-order valence-corrected chi connectivity index (χ1v) is 6.48. The third-order valence-electron chi connectivity index (χ3n) is 1.73. The van der Waals surface area contributed by atoms with Crippen LogP contribution in [0.1, 0.15) is 12.6 Å². The van der Waals surface area contributed by atoms with E-state index in [0.717, 1.165) is 9.90 Å². The number of nitrogens with zero attached hydrogens (tertiary/aromatic N) is 3. The van der Waals surface area contributed by atoms with Crippen LogP contribution in [-0.2, 0) is 4.79 Å². The zero-order valence-corrected chi connectivity index (χ0v) is 10.9. The maximum absolute atomic E-state index is 10.8. The molecule has 7 heteroatoms. The van der Waals surface area contributed by atoms with Gasteiger partial charge >= 0.3 is 0 Å². The molecule has 1 N–H and O–H groups in total. The van der Waals surface area contributed by atoms with Gasteiger partial charge in [-0.15, -0.1) is 0 Å². The predicted molar refractivity (Wildman–Crippen MR) is 67.3 cm³/mol. The Kier molecular flexibility index (Phi) is 3.70. The van der Waals surface area contributed by atoms with Crippen LogP contribution in [0, 0.1) is 6.92 Å². The van der Waals surface area contributed by atoms with Crippen molar-refractivity contribution in [2.24, 2.45) is 0 Å². The lowest BCUT2D eigenvalue weighted by atomic mass is 10.5. The van der Waals surface area contributed by atoms with E-state index in [2.05, 4.69) is 20.3 Å². The Hall–Kier alpha value is -1.47. The van der Waals surface area contributed by atoms with Crippen molar-refractivity contribution in [3.05, 3.63) is 24.2 Å². The van der Waals surface area contributed by atoms with E-state index in [0.29, 0.717) is 10.3 Å². The second kappa shape index (κ2) is 5.24. The summed E-state index contributed by atoms with van der Waals surface area (Å²) in [4.78, 5) is 23.4. The van der Waals surface area contributed by atoms with Gasteiger partial charge in [-0.2, -0.15) is 0 Å². The maximum atomic E-state index is 10.8. The van der Waals surface area contributed by atoms with Gasteiger partial charge in [0.05, 0.1) is 10.4 Å². The molecule has 0 atom stereocenters. The van der Waals surface area contributed by atoms with E-state index in [1.807, 2.05) is 13.0 Å². The van der Waals surface area contributed by atoms with Crippen LogP contribution in [-0.4, -0.2) is 20.9 Å². The molecular weight excluding hydrogens is 256 g/mol. The number of nitrogens with one attached hydrogen (secondary N) is 1. The molecule has 17 heavy (non-hydrogen) atoms. The Labute approximate surface area is 107 Å². The van der Waals surface area contributed by atoms with E-state index in [-0.39, 0.29) is 5.91 Å². The zero-order chi connectivity index (χ0) is 12.3. The molecule has 0 saturated heterocycles. The molecule has 0 aliphatic heterocycles. The lowest BCUT2D eigenvalue weighted by molar-refractivity contribution is -0.114. The molecule has 2 rings (SSSR count). The van der Waals surface area contributed by atoms with Gasteiger partial charge < -0.3 is 5.32 Å². The lowest BCUT2D eigenvalue weighted by Gasteiger charge is -1.96. The molecule has 0 aromatic carbocycles. The van der Waals surface area contributed by atoms with Gasteiger partial charge in [-0.1, -0.05) is 11.3 Å². The number of aryl methyl sites for hydroxylation is 1.